The van der Waals surface area contributed by atoms with Gasteiger partial charge < -0.3 is 19.7 Å². The molecule has 3 aliphatic rings. The highest BCUT2D eigenvalue weighted by Crippen LogP contribution is 2.35. The van der Waals surface area contributed by atoms with Crippen LogP contribution in [0, 0.1) is 11.3 Å². The molecule has 52 heavy (non-hydrogen) atoms. The third-order valence-electron chi connectivity index (χ3n) is 9.97. The summed E-state index contributed by atoms with van der Waals surface area (Å²) in [5.74, 6) is -2.73. The molecule has 12 nitrogen and oxygen atoms in total. The fraction of sp³-hybridized carbons (Fsp3) is 0.297. The number of carbonyl (C=O) groups is 5. The number of amides is 5. The molecular weight excluding hydrogens is 679 g/mol. The standard InChI is InChI=1S/C37H32F3N7O5/c1-36(2,35(52)42-23-4-3-22(20-41)28(18-23)37(38,39)40)46-12-11-21-17-24(6-8-29(21)46)44-13-15-45(16-14-44)25-5-7-26-27(19-25)34(51)47(33(26)50)30-9-10-31(48)43-32(30)49/h3-8,11-12,17-19,30H,9-10,13-16H2,1-2H3,(H,42,52)(H,43,48,49). The molecule has 2 saturated heterocycles. The highest BCUT2D eigenvalue weighted by Gasteiger charge is 2.45. The van der Waals surface area contributed by atoms with E-state index in [-0.39, 0.29) is 29.7 Å². The van der Waals surface area contributed by atoms with Crippen LogP contribution in [0.2, 0.25) is 0 Å². The minimum Gasteiger partial charge on any atom is -0.368 e. The number of hydrogen-bond acceptors (Lipinski definition) is 8. The number of anilines is 3. The van der Waals surface area contributed by atoms with E-state index in [0.717, 1.165) is 39.3 Å². The van der Waals surface area contributed by atoms with Gasteiger partial charge in [0.25, 0.3) is 11.8 Å². The molecule has 3 aliphatic heterocycles. The summed E-state index contributed by atoms with van der Waals surface area (Å²) in [6.45, 7) is 5.87. The van der Waals surface area contributed by atoms with Crippen molar-refractivity contribution in [3.8, 4) is 6.07 Å². The van der Waals surface area contributed by atoms with Crippen molar-refractivity contribution in [3.05, 3.63) is 89.1 Å². The lowest BCUT2D eigenvalue weighted by Crippen LogP contribution is -2.54. The van der Waals surface area contributed by atoms with E-state index in [9.17, 15) is 37.1 Å². The van der Waals surface area contributed by atoms with Gasteiger partial charge in [-0.15, -0.1) is 0 Å². The lowest BCUT2D eigenvalue weighted by atomic mass is 10.0. The maximum Gasteiger partial charge on any atom is 0.417 e. The zero-order chi connectivity index (χ0) is 37.1. The number of benzene rings is 3. The van der Waals surface area contributed by atoms with Gasteiger partial charge in [0.15, 0.2) is 0 Å². The first-order valence-electron chi connectivity index (χ1n) is 16.6. The molecular formula is C37H32F3N7O5. The van der Waals surface area contributed by atoms with E-state index >= 15 is 0 Å². The minimum atomic E-state index is -4.75. The fourth-order valence-corrected chi connectivity index (χ4v) is 7.04. The number of halogens is 3. The summed E-state index contributed by atoms with van der Waals surface area (Å²) in [6.07, 6.45) is -2.86. The molecule has 0 aliphatic carbocycles. The van der Waals surface area contributed by atoms with Gasteiger partial charge in [0.1, 0.15) is 11.6 Å². The van der Waals surface area contributed by atoms with Gasteiger partial charge in [-0.2, -0.15) is 18.4 Å². The van der Waals surface area contributed by atoms with Gasteiger partial charge in [-0.25, -0.2) is 0 Å². The molecule has 4 heterocycles. The Morgan fingerprint density at radius 2 is 1.52 bits per heavy atom. The molecule has 2 fully saturated rings. The lowest BCUT2D eigenvalue weighted by Gasteiger charge is -2.37. The lowest BCUT2D eigenvalue weighted by molar-refractivity contribution is -0.138. The number of piperazine rings is 1. The molecule has 7 rings (SSSR count). The predicted molar refractivity (Wildman–Crippen MR) is 184 cm³/mol. The van der Waals surface area contributed by atoms with E-state index in [4.69, 9.17) is 5.26 Å². The van der Waals surface area contributed by atoms with Crippen molar-refractivity contribution in [1.29, 1.82) is 5.26 Å². The quantitative estimate of drug-likeness (QED) is 0.275. The maximum atomic E-state index is 13.5. The average molecular weight is 712 g/mol. The number of hydrogen-bond donors (Lipinski definition) is 2. The first kappa shape index (κ1) is 34.3. The van der Waals surface area contributed by atoms with E-state index in [2.05, 4.69) is 20.4 Å². The second-order valence-corrected chi connectivity index (χ2v) is 13.5. The Labute approximate surface area is 295 Å². The zero-order valence-electron chi connectivity index (χ0n) is 28.1. The number of nitriles is 1. The molecule has 0 saturated carbocycles. The second kappa shape index (κ2) is 12.6. The molecule has 3 aromatic carbocycles. The Morgan fingerprint density at radius 3 is 2.17 bits per heavy atom. The number of nitrogens with one attached hydrogen (secondary N) is 2. The summed E-state index contributed by atoms with van der Waals surface area (Å²) >= 11 is 0. The number of piperidine rings is 1. The van der Waals surface area contributed by atoms with Gasteiger partial charge in [-0.05, 0) is 80.9 Å². The van der Waals surface area contributed by atoms with Crippen LogP contribution < -0.4 is 20.4 Å². The van der Waals surface area contributed by atoms with Gasteiger partial charge in [0.05, 0.1) is 28.3 Å². The largest absolute Gasteiger partial charge is 0.417 e. The van der Waals surface area contributed by atoms with E-state index in [1.807, 2.05) is 24.3 Å². The normalized spacial score (nSPS) is 18.1. The highest BCUT2D eigenvalue weighted by molar-refractivity contribution is 6.23. The molecule has 266 valence electrons. The molecule has 1 unspecified atom stereocenters. The topological polar surface area (TPSA) is 148 Å². The van der Waals surface area contributed by atoms with Gasteiger partial charge in [-0.1, -0.05) is 0 Å². The summed E-state index contributed by atoms with van der Waals surface area (Å²) in [6, 6.07) is 16.4. The monoisotopic (exact) mass is 711 g/mol. The van der Waals surface area contributed by atoms with Gasteiger partial charge in [0, 0.05) is 66.8 Å². The smallest absolute Gasteiger partial charge is 0.368 e. The molecule has 1 atom stereocenters. The van der Waals surface area contributed by atoms with Crippen LogP contribution in [-0.2, 0) is 26.1 Å². The Hall–Kier alpha value is -6.17. The third-order valence-corrected chi connectivity index (χ3v) is 9.97. The number of alkyl halides is 3. The van der Waals surface area contributed by atoms with Crippen molar-refractivity contribution in [2.45, 2.75) is 44.4 Å². The molecule has 1 aromatic heterocycles. The second-order valence-electron chi connectivity index (χ2n) is 13.5. The van der Waals surface area contributed by atoms with E-state index in [0.29, 0.717) is 26.2 Å². The van der Waals surface area contributed by atoms with Crippen molar-refractivity contribution >= 4 is 57.5 Å². The predicted octanol–water partition coefficient (Wildman–Crippen LogP) is 4.63. The molecule has 2 N–H and O–H groups in total. The molecule has 0 radical (unpaired) electrons. The van der Waals surface area contributed by atoms with E-state index in [1.165, 1.54) is 12.1 Å². The van der Waals surface area contributed by atoms with Crippen LogP contribution in [0.4, 0.5) is 30.2 Å². The minimum absolute atomic E-state index is 0.0475. The molecule has 15 heteroatoms. The third kappa shape index (κ3) is 5.89. The van der Waals surface area contributed by atoms with Crippen molar-refractivity contribution in [3.63, 3.8) is 0 Å². The molecule has 0 bridgehead atoms. The van der Waals surface area contributed by atoms with Crippen LogP contribution in [0.5, 0.6) is 0 Å². The number of nitrogens with zero attached hydrogens (tertiary/aromatic N) is 5. The summed E-state index contributed by atoms with van der Waals surface area (Å²) in [5, 5.41) is 14.7. The molecule has 0 spiro atoms. The summed E-state index contributed by atoms with van der Waals surface area (Å²) in [5.41, 5.74) is 0.0125. The number of fused-ring (bicyclic) bond motifs is 2. The first-order chi connectivity index (χ1) is 24.7. The van der Waals surface area contributed by atoms with Crippen molar-refractivity contribution in [1.82, 2.24) is 14.8 Å². The average Bonchev–Trinajstić information content (AvgIpc) is 3.66. The van der Waals surface area contributed by atoms with Crippen LogP contribution in [0.15, 0.2) is 66.9 Å². The summed E-state index contributed by atoms with van der Waals surface area (Å²) in [4.78, 5) is 69.1. The Morgan fingerprint density at radius 1 is 0.865 bits per heavy atom. The number of carbonyl (C=O) groups excluding carboxylic acids is 5. The van der Waals surface area contributed by atoms with E-state index in [1.54, 1.807) is 42.8 Å². The number of aromatic nitrogens is 1. The Kier molecular flexibility index (Phi) is 8.28. The van der Waals surface area contributed by atoms with Crippen molar-refractivity contribution in [2.75, 3.05) is 41.3 Å². The van der Waals surface area contributed by atoms with Crippen LogP contribution in [-0.4, -0.2) is 71.2 Å². The molecule has 4 aromatic rings. The van der Waals surface area contributed by atoms with E-state index < -0.39 is 58.4 Å². The van der Waals surface area contributed by atoms with Crippen LogP contribution in [0.1, 0.15) is 58.5 Å². The Bertz CT molecular complexity index is 2230. The van der Waals surface area contributed by atoms with Crippen LogP contribution in [0.25, 0.3) is 10.9 Å². The SMILES string of the molecule is CC(C)(C(=O)Nc1ccc(C#N)c(C(F)(F)F)c1)n1ccc2cc(N3CCN(c4ccc5c(c4)C(=O)N(C4CCC(=O)NC4=O)C5=O)CC3)ccc21. The van der Waals surface area contributed by atoms with Crippen molar-refractivity contribution < 1.29 is 37.1 Å². The van der Waals surface area contributed by atoms with Crippen LogP contribution >= 0.6 is 0 Å². The summed E-state index contributed by atoms with van der Waals surface area (Å²) in [7, 11) is 0. The highest BCUT2D eigenvalue weighted by atomic mass is 19.4. The Balaban J connectivity index is 1.02. The van der Waals surface area contributed by atoms with Crippen LogP contribution in [0.3, 0.4) is 0 Å². The first-order valence-corrected chi connectivity index (χ1v) is 16.6. The fourth-order valence-electron chi connectivity index (χ4n) is 7.04. The molecule has 5 amide bonds. The van der Waals surface area contributed by atoms with Gasteiger partial charge in [0.2, 0.25) is 17.7 Å². The number of imide groups is 2. The maximum absolute atomic E-state index is 13.5. The summed E-state index contributed by atoms with van der Waals surface area (Å²) < 4.78 is 42.2. The van der Waals surface area contributed by atoms with Gasteiger partial charge in [-0.3, -0.25) is 34.2 Å². The van der Waals surface area contributed by atoms with Gasteiger partial charge >= 0.3 is 6.18 Å². The zero-order valence-corrected chi connectivity index (χ0v) is 28.1. The van der Waals surface area contributed by atoms with Crippen molar-refractivity contribution in [2.24, 2.45) is 0 Å². The number of rotatable bonds is 6.